The minimum atomic E-state index is -0.173. The molecule has 0 amide bonds. The van der Waals surface area contributed by atoms with Gasteiger partial charge in [-0.05, 0) is 32.9 Å². The largest absolute Gasteiger partial charge is 0.456 e. The van der Waals surface area contributed by atoms with Gasteiger partial charge in [0.2, 0.25) is 0 Å². The fourth-order valence-corrected chi connectivity index (χ4v) is 2.94. The molecule has 17 heavy (non-hydrogen) atoms. The van der Waals surface area contributed by atoms with Gasteiger partial charge in [-0.1, -0.05) is 0 Å². The van der Waals surface area contributed by atoms with Crippen LogP contribution in [0.3, 0.4) is 0 Å². The number of hydrogen-bond donors (Lipinski definition) is 2. The first-order valence-electron chi connectivity index (χ1n) is 6.29. The molecule has 5 heteroatoms. The quantitative estimate of drug-likeness (QED) is 0.629. The molecular weight excluding hydrogens is 218 g/mol. The van der Waals surface area contributed by atoms with Gasteiger partial charge in [-0.15, -0.1) is 0 Å². The zero-order chi connectivity index (χ0) is 11.9. The van der Waals surface area contributed by atoms with E-state index < -0.39 is 0 Å². The van der Waals surface area contributed by atoms with Crippen LogP contribution in [0.1, 0.15) is 19.8 Å². The first-order chi connectivity index (χ1) is 8.20. The molecule has 2 fully saturated rings. The summed E-state index contributed by atoms with van der Waals surface area (Å²) in [6.07, 6.45) is 2.41. The average Bonchev–Trinajstić information content (AvgIpc) is 2.87. The van der Waals surface area contributed by atoms with Crippen molar-refractivity contribution in [3.63, 3.8) is 0 Å². The third kappa shape index (κ3) is 1.83. The average molecular weight is 237 g/mol. The van der Waals surface area contributed by atoms with Crippen LogP contribution in [0.5, 0.6) is 0 Å². The predicted molar refractivity (Wildman–Crippen MR) is 62.9 cm³/mol. The van der Waals surface area contributed by atoms with E-state index in [4.69, 9.17) is 4.74 Å². The maximum absolute atomic E-state index is 11.4. The summed E-state index contributed by atoms with van der Waals surface area (Å²) in [5.41, 5.74) is 5.58. The number of cyclic esters (lactones) is 1. The van der Waals surface area contributed by atoms with Gasteiger partial charge >= 0.3 is 5.97 Å². The van der Waals surface area contributed by atoms with Crippen molar-refractivity contribution in [3.8, 4) is 0 Å². The lowest BCUT2D eigenvalue weighted by molar-refractivity contribution is -0.136. The Hall–Kier alpha value is -1.07. The summed E-state index contributed by atoms with van der Waals surface area (Å²) < 4.78 is 5.06. The van der Waals surface area contributed by atoms with Crippen molar-refractivity contribution in [3.05, 3.63) is 11.3 Å². The van der Waals surface area contributed by atoms with Crippen molar-refractivity contribution in [2.75, 3.05) is 32.8 Å². The van der Waals surface area contributed by atoms with Crippen LogP contribution in [0.25, 0.3) is 0 Å². The van der Waals surface area contributed by atoms with E-state index in [2.05, 4.69) is 15.8 Å². The zero-order valence-corrected chi connectivity index (χ0v) is 10.2. The molecule has 94 valence electrons. The van der Waals surface area contributed by atoms with E-state index in [1.807, 2.05) is 6.92 Å². The van der Waals surface area contributed by atoms with Crippen molar-refractivity contribution in [2.24, 2.45) is 5.41 Å². The maximum atomic E-state index is 11.4. The molecule has 0 radical (unpaired) electrons. The van der Waals surface area contributed by atoms with Crippen molar-refractivity contribution in [1.82, 2.24) is 15.8 Å². The monoisotopic (exact) mass is 237 g/mol. The predicted octanol–water partition coefficient (Wildman–Crippen LogP) is 0.00720. The highest BCUT2D eigenvalue weighted by Crippen LogP contribution is 2.35. The number of nitrogens with one attached hydrogen (secondary N) is 2. The molecule has 3 aliphatic rings. The highest BCUT2D eigenvalue weighted by atomic mass is 16.5. The van der Waals surface area contributed by atoms with Crippen LogP contribution in [0.15, 0.2) is 11.3 Å². The highest BCUT2D eigenvalue weighted by molar-refractivity contribution is 5.90. The Kier molecular flexibility index (Phi) is 2.60. The topological polar surface area (TPSA) is 53.6 Å². The number of esters is 1. The zero-order valence-electron chi connectivity index (χ0n) is 10.2. The Labute approximate surface area is 101 Å². The van der Waals surface area contributed by atoms with E-state index in [1.54, 1.807) is 0 Å². The number of hydrazine groups is 1. The van der Waals surface area contributed by atoms with Gasteiger partial charge in [0.15, 0.2) is 0 Å². The number of ether oxygens (including phenoxy) is 1. The molecule has 0 aromatic carbocycles. The summed E-state index contributed by atoms with van der Waals surface area (Å²) in [6.45, 7) is 6.48. The van der Waals surface area contributed by atoms with Crippen LogP contribution in [-0.4, -0.2) is 43.8 Å². The Morgan fingerprint density at radius 3 is 2.76 bits per heavy atom. The molecule has 0 unspecified atom stereocenters. The van der Waals surface area contributed by atoms with Gasteiger partial charge in [-0.25, -0.2) is 10.2 Å². The van der Waals surface area contributed by atoms with E-state index in [0.717, 1.165) is 37.4 Å². The third-order valence-corrected chi connectivity index (χ3v) is 4.21. The van der Waals surface area contributed by atoms with Crippen LogP contribution in [0.2, 0.25) is 0 Å². The lowest BCUT2D eigenvalue weighted by Crippen LogP contribution is -2.40. The summed E-state index contributed by atoms with van der Waals surface area (Å²) in [5, 5.41) is 5.53. The van der Waals surface area contributed by atoms with E-state index in [1.165, 1.54) is 12.8 Å². The van der Waals surface area contributed by atoms with E-state index >= 15 is 0 Å². The summed E-state index contributed by atoms with van der Waals surface area (Å²) in [6, 6.07) is 0. The van der Waals surface area contributed by atoms with Gasteiger partial charge in [0.25, 0.3) is 0 Å². The van der Waals surface area contributed by atoms with Crippen LogP contribution >= 0.6 is 0 Å². The molecule has 0 aromatic heterocycles. The lowest BCUT2D eigenvalue weighted by atomic mass is 9.80. The molecule has 0 bridgehead atoms. The summed E-state index contributed by atoms with van der Waals surface area (Å²) in [7, 11) is 0. The SMILES string of the molecule is CC1=C(N2CC3(CCNCC3)CN2)COC1=O. The number of piperidine rings is 1. The molecule has 2 N–H and O–H groups in total. The van der Waals surface area contributed by atoms with Gasteiger partial charge in [0, 0.05) is 18.5 Å². The molecule has 0 saturated carbocycles. The Morgan fingerprint density at radius 1 is 1.35 bits per heavy atom. The number of carbonyl (C=O) groups is 1. The summed E-state index contributed by atoms with van der Waals surface area (Å²) >= 11 is 0. The number of rotatable bonds is 1. The van der Waals surface area contributed by atoms with E-state index in [-0.39, 0.29) is 5.97 Å². The second kappa shape index (κ2) is 3.99. The van der Waals surface area contributed by atoms with Crippen molar-refractivity contribution in [1.29, 1.82) is 0 Å². The van der Waals surface area contributed by atoms with Gasteiger partial charge in [-0.3, -0.25) is 0 Å². The Balaban J connectivity index is 1.74. The molecule has 0 aromatic rings. The minimum absolute atomic E-state index is 0.173. The highest BCUT2D eigenvalue weighted by Gasteiger charge is 2.41. The first kappa shape index (κ1) is 11.0. The molecule has 3 rings (SSSR count). The van der Waals surface area contributed by atoms with Crippen LogP contribution < -0.4 is 10.7 Å². The third-order valence-electron chi connectivity index (χ3n) is 4.21. The maximum Gasteiger partial charge on any atom is 0.336 e. The molecular formula is C12H19N3O2. The van der Waals surface area contributed by atoms with Gasteiger partial charge in [-0.2, -0.15) is 0 Å². The normalized spacial score (nSPS) is 28.1. The fraction of sp³-hybridized carbons (Fsp3) is 0.750. The summed E-state index contributed by atoms with van der Waals surface area (Å²) in [4.78, 5) is 11.4. The molecule has 2 saturated heterocycles. The fourth-order valence-electron chi connectivity index (χ4n) is 2.94. The smallest absolute Gasteiger partial charge is 0.336 e. The van der Waals surface area contributed by atoms with Crippen molar-refractivity contribution < 1.29 is 9.53 Å². The van der Waals surface area contributed by atoms with Crippen LogP contribution in [0.4, 0.5) is 0 Å². The second-order valence-corrected chi connectivity index (χ2v) is 5.32. The standard InChI is InChI=1S/C12H19N3O2/c1-9-10(6-17-11(9)16)15-8-12(7-14-15)2-4-13-5-3-12/h13-14H,2-8H2,1H3. The van der Waals surface area contributed by atoms with Gasteiger partial charge < -0.3 is 15.1 Å². The van der Waals surface area contributed by atoms with Crippen LogP contribution in [-0.2, 0) is 9.53 Å². The molecule has 0 atom stereocenters. The van der Waals surface area contributed by atoms with Crippen molar-refractivity contribution in [2.45, 2.75) is 19.8 Å². The molecule has 3 heterocycles. The van der Waals surface area contributed by atoms with Crippen molar-refractivity contribution >= 4 is 5.97 Å². The van der Waals surface area contributed by atoms with Gasteiger partial charge in [0.1, 0.15) is 6.61 Å². The lowest BCUT2D eigenvalue weighted by Gasteiger charge is -2.32. The molecule has 0 aliphatic carbocycles. The minimum Gasteiger partial charge on any atom is -0.456 e. The van der Waals surface area contributed by atoms with Crippen LogP contribution in [0, 0.1) is 5.41 Å². The Bertz CT molecular complexity index is 372. The molecule has 1 spiro atoms. The molecule has 5 nitrogen and oxygen atoms in total. The van der Waals surface area contributed by atoms with Gasteiger partial charge in [0.05, 0.1) is 11.3 Å². The number of carbonyl (C=O) groups excluding carboxylic acids is 1. The Morgan fingerprint density at radius 2 is 2.12 bits per heavy atom. The summed E-state index contributed by atoms with van der Waals surface area (Å²) in [5.74, 6) is -0.173. The molecule has 3 aliphatic heterocycles. The number of nitrogens with zero attached hydrogens (tertiary/aromatic N) is 1. The first-order valence-corrected chi connectivity index (χ1v) is 6.29. The second-order valence-electron chi connectivity index (χ2n) is 5.32. The van der Waals surface area contributed by atoms with E-state index in [0.29, 0.717) is 12.0 Å². The number of hydrogen-bond acceptors (Lipinski definition) is 5. The van der Waals surface area contributed by atoms with E-state index in [9.17, 15) is 4.79 Å².